The van der Waals surface area contributed by atoms with Gasteiger partial charge in [-0.1, -0.05) is 54.6 Å². The second-order valence-electron chi connectivity index (χ2n) is 11.2. The predicted molar refractivity (Wildman–Crippen MR) is 139 cm³/mol. The molecule has 0 aromatic heterocycles. The van der Waals surface area contributed by atoms with Crippen molar-refractivity contribution in [2.45, 2.75) is 65.2 Å². The zero-order valence-corrected chi connectivity index (χ0v) is 21.5. The van der Waals surface area contributed by atoms with Gasteiger partial charge in [-0.15, -0.1) is 0 Å². The van der Waals surface area contributed by atoms with Crippen LogP contribution in [0.15, 0.2) is 106 Å². The van der Waals surface area contributed by atoms with Gasteiger partial charge in [0.1, 0.15) is 6.10 Å². The molecule has 3 aromatic rings. The normalized spacial score (nSPS) is 28.0. The fourth-order valence-electron chi connectivity index (χ4n) is 7.57. The molecular formula is C31H32F2O3S. The van der Waals surface area contributed by atoms with Gasteiger partial charge in [-0.25, -0.2) is 4.79 Å². The van der Waals surface area contributed by atoms with Crippen molar-refractivity contribution in [3.63, 3.8) is 0 Å². The second-order valence-corrected chi connectivity index (χ2v) is 13.9. The number of aliphatic hydroxyl groups excluding tert-OH is 1. The van der Waals surface area contributed by atoms with Crippen molar-refractivity contribution in [1.82, 2.24) is 0 Å². The number of halogens is 2. The third kappa shape index (κ3) is 4.09. The molecule has 4 bridgehead atoms. The van der Waals surface area contributed by atoms with E-state index in [-0.39, 0.29) is 0 Å². The van der Waals surface area contributed by atoms with E-state index < -0.39 is 33.7 Å². The summed E-state index contributed by atoms with van der Waals surface area (Å²) in [7, 11) is -2.85. The lowest BCUT2D eigenvalue weighted by atomic mass is 9.47. The number of carbonyl (C=O) groups excluding carboxylic acids is 1. The van der Waals surface area contributed by atoms with Crippen molar-refractivity contribution in [2.75, 3.05) is 0 Å². The summed E-state index contributed by atoms with van der Waals surface area (Å²) in [6.07, 6.45) is 2.83. The number of benzene rings is 3. The largest absolute Gasteiger partial charge is 0.397 e. The van der Waals surface area contributed by atoms with Crippen LogP contribution in [0.3, 0.4) is 0 Å². The van der Waals surface area contributed by atoms with E-state index >= 15 is 8.78 Å². The van der Waals surface area contributed by atoms with Gasteiger partial charge < -0.3 is 9.29 Å². The van der Waals surface area contributed by atoms with Gasteiger partial charge in [-0.2, -0.15) is 8.78 Å². The number of hydrogen-bond acceptors (Lipinski definition) is 3. The molecule has 1 atom stereocenters. The average Bonchev–Trinajstić information content (AvgIpc) is 2.92. The second kappa shape index (κ2) is 9.25. The zero-order chi connectivity index (χ0) is 25.7. The zero-order valence-electron chi connectivity index (χ0n) is 20.6. The molecule has 194 valence electrons. The van der Waals surface area contributed by atoms with Gasteiger partial charge >= 0.3 is 11.9 Å². The smallest absolute Gasteiger partial charge is 0.391 e. The van der Waals surface area contributed by atoms with E-state index in [0.29, 0.717) is 51.7 Å². The Balaban J connectivity index is 1.42. The average molecular weight is 523 g/mol. The fourth-order valence-corrected chi connectivity index (χ4v) is 10.6. The van der Waals surface area contributed by atoms with Crippen LogP contribution in [-0.2, 0) is 8.98 Å². The SMILES string of the molecule is O=C(OS(c1ccccc1)(c1ccccc1)c1ccccc1)C(F)(F)C(O)C12CC3CC(CC(C3)C1)C2. The first-order valence-electron chi connectivity index (χ1n) is 13.1. The molecule has 0 radical (unpaired) electrons. The van der Waals surface area contributed by atoms with Crippen LogP contribution in [0, 0.1) is 23.2 Å². The number of alkyl halides is 2. The van der Waals surface area contributed by atoms with Crippen molar-refractivity contribution in [3.8, 4) is 0 Å². The minimum absolute atomic E-state index is 0.371. The highest BCUT2D eigenvalue weighted by molar-refractivity contribution is 8.30. The minimum Gasteiger partial charge on any atom is -0.397 e. The van der Waals surface area contributed by atoms with Gasteiger partial charge in [0.05, 0.1) is 0 Å². The molecule has 4 aliphatic rings. The summed E-state index contributed by atoms with van der Waals surface area (Å²) in [6, 6.07) is 27.3. The molecule has 0 amide bonds. The molecule has 0 aliphatic heterocycles. The van der Waals surface area contributed by atoms with Crippen LogP contribution in [-0.4, -0.2) is 23.1 Å². The van der Waals surface area contributed by atoms with Crippen LogP contribution in [0.4, 0.5) is 8.78 Å². The summed E-state index contributed by atoms with van der Waals surface area (Å²) in [5, 5.41) is 11.3. The number of carbonyl (C=O) groups is 1. The maximum absolute atomic E-state index is 16.1. The molecule has 7 rings (SSSR count). The summed E-state index contributed by atoms with van der Waals surface area (Å²) in [6.45, 7) is 0. The summed E-state index contributed by atoms with van der Waals surface area (Å²) in [5.74, 6) is -4.56. The highest BCUT2D eigenvalue weighted by atomic mass is 32.3. The highest BCUT2D eigenvalue weighted by Crippen LogP contribution is 2.70. The summed E-state index contributed by atoms with van der Waals surface area (Å²) in [4.78, 5) is 15.5. The molecule has 6 heteroatoms. The first-order chi connectivity index (χ1) is 17.8. The fraction of sp³-hybridized carbons (Fsp3) is 0.387. The number of hydrogen-bond donors (Lipinski definition) is 1. The Kier molecular flexibility index (Phi) is 6.15. The third-order valence-corrected chi connectivity index (χ3v) is 11.9. The topological polar surface area (TPSA) is 46.5 Å². The van der Waals surface area contributed by atoms with Crippen LogP contribution in [0.25, 0.3) is 0 Å². The molecule has 4 saturated carbocycles. The van der Waals surface area contributed by atoms with E-state index in [2.05, 4.69) is 0 Å². The van der Waals surface area contributed by atoms with Crippen molar-refractivity contribution in [2.24, 2.45) is 23.2 Å². The third-order valence-electron chi connectivity index (χ3n) is 8.71. The Labute approximate surface area is 218 Å². The van der Waals surface area contributed by atoms with Crippen LogP contribution >= 0.6 is 10.3 Å². The molecule has 3 nitrogen and oxygen atoms in total. The van der Waals surface area contributed by atoms with Crippen LogP contribution in [0.2, 0.25) is 0 Å². The van der Waals surface area contributed by atoms with Crippen molar-refractivity contribution >= 4 is 16.3 Å². The summed E-state index contributed by atoms with van der Waals surface area (Å²) < 4.78 is 38.3. The lowest BCUT2D eigenvalue weighted by Gasteiger charge is -2.58. The molecule has 4 aliphatic carbocycles. The molecule has 37 heavy (non-hydrogen) atoms. The molecule has 0 heterocycles. The standard InChI is InChI=1S/C31H32F2O3S/c32-31(33,28(34)30-19-22-16-23(20-30)18-24(17-22)21-30)29(35)36-37(25-10-4-1-5-11-25,26-12-6-2-7-13-26)27-14-8-3-9-15-27/h1-15,22-24,28,34H,16-21H2. The Hall–Kier alpha value is -2.70. The molecule has 4 fully saturated rings. The summed E-state index contributed by atoms with van der Waals surface area (Å²) >= 11 is 0. The number of rotatable bonds is 7. The molecule has 1 unspecified atom stereocenters. The van der Waals surface area contributed by atoms with Crippen LogP contribution in [0.5, 0.6) is 0 Å². The lowest BCUT2D eigenvalue weighted by molar-refractivity contribution is -0.218. The van der Waals surface area contributed by atoms with E-state index in [4.69, 9.17) is 4.18 Å². The van der Waals surface area contributed by atoms with Gasteiger partial charge in [-0.3, -0.25) is 0 Å². The maximum Gasteiger partial charge on any atom is 0.391 e. The van der Waals surface area contributed by atoms with E-state index in [1.165, 1.54) is 0 Å². The molecule has 1 N–H and O–H groups in total. The van der Waals surface area contributed by atoms with Crippen molar-refractivity contribution in [1.29, 1.82) is 0 Å². The van der Waals surface area contributed by atoms with E-state index in [9.17, 15) is 9.90 Å². The predicted octanol–water partition coefficient (Wildman–Crippen LogP) is 7.64. The monoisotopic (exact) mass is 522 g/mol. The Morgan fingerprint density at radius 1 is 0.757 bits per heavy atom. The Morgan fingerprint density at radius 3 is 1.46 bits per heavy atom. The highest BCUT2D eigenvalue weighted by Gasteiger charge is 2.63. The Morgan fingerprint density at radius 2 is 1.11 bits per heavy atom. The van der Waals surface area contributed by atoms with Crippen molar-refractivity contribution < 1.29 is 22.9 Å². The number of aliphatic hydroxyl groups is 1. The van der Waals surface area contributed by atoms with Gasteiger partial charge in [0.15, 0.2) is 0 Å². The molecule has 3 aromatic carbocycles. The maximum atomic E-state index is 16.1. The van der Waals surface area contributed by atoms with Crippen LogP contribution < -0.4 is 0 Å². The van der Waals surface area contributed by atoms with Crippen molar-refractivity contribution in [3.05, 3.63) is 91.0 Å². The summed E-state index contributed by atoms with van der Waals surface area (Å²) in [5.41, 5.74) is -0.915. The first-order valence-corrected chi connectivity index (χ1v) is 14.7. The van der Waals surface area contributed by atoms with Gasteiger partial charge in [-0.05, 0) is 103 Å². The van der Waals surface area contributed by atoms with E-state index in [1.807, 2.05) is 91.0 Å². The van der Waals surface area contributed by atoms with Gasteiger partial charge in [0, 0.05) is 20.1 Å². The minimum atomic E-state index is -4.03. The van der Waals surface area contributed by atoms with Crippen LogP contribution in [0.1, 0.15) is 38.5 Å². The molecule has 0 spiro atoms. The Bertz CT molecular complexity index is 1120. The molecule has 0 saturated heterocycles. The van der Waals surface area contributed by atoms with E-state index in [1.54, 1.807) is 0 Å². The molecular weight excluding hydrogens is 490 g/mol. The quantitative estimate of drug-likeness (QED) is 0.347. The van der Waals surface area contributed by atoms with Gasteiger partial charge in [0.2, 0.25) is 0 Å². The first kappa shape index (κ1) is 24.6. The lowest BCUT2D eigenvalue weighted by Crippen LogP contribution is -2.59. The van der Waals surface area contributed by atoms with Gasteiger partial charge in [0.25, 0.3) is 0 Å². The van der Waals surface area contributed by atoms with E-state index in [0.717, 1.165) is 19.3 Å².